The topological polar surface area (TPSA) is 57.7 Å². The fraction of sp³-hybridized carbons (Fsp3) is 0.533. The van der Waals surface area contributed by atoms with E-state index in [4.69, 9.17) is 0 Å². The monoisotopic (exact) mass is 340 g/mol. The number of hydrogen-bond donors (Lipinski definition) is 0. The van der Waals surface area contributed by atoms with E-state index >= 15 is 0 Å². The van der Waals surface area contributed by atoms with Crippen molar-refractivity contribution < 1.29 is 13.2 Å². The zero-order valence-electron chi connectivity index (χ0n) is 12.6. The molecule has 0 aromatic heterocycles. The normalized spacial score (nSPS) is 22.1. The number of sulfonamides is 1. The van der Waals surface area contributed by atoms with Crippen LogP contribution in [0.5, 0.6) is 0 Å². The first kappa shape index (κ1) is 15.8. The highest BCUT2D eigenvalue weighted by Gasteiger charge is 2.47. The maximum atomic E-state index is 12.8. The van der Waals surface area contributed by atoms with E-state index in [0.29, 0.717) is 31.5 Å². The average Bonchev–Trinajstić information content (AvgIpc) is 2.90. The van der Waals surface area contributed by atoms with Crippen molar-refractivity contribution in [1.29, 1.82) is 0 Å². The molecule has 2 heterocycles. The van der Waals surface area contributed by atoms with E-state index in [0.717, 1.165) is 12.3 Å². The van der Waals surface area contributed by atoms with Gasteiger partial charge in [-0.15, -0.1) is 11.8 Å². The summed E-state index contributed by atoms with van der Waals surface area (Å²) in [4.78, 5) is 14.5. The van der Waals surface area contributed by atoms with Crippen LogP contribution in [0.1, 0.15) is 23.2 Å². The van der Waals surface area contributed by atoms with Gasteiger partial charge in [0.1, 0.15) is 0 Å². The minimum absolute atomic E-state index is 0.0541. The Morgan fingerprint density at radius 2 is 1.77 bits per heavy atom. The number of piperidine rings is 1. The lowest BCUT2D eigenvalue weighted by atomic mass is 10.0. The van der Waals surface area contributed by atoms with Gasteiger partial charge in [-0.3, -0.25) is 4.79 Å². The van der Waals surface area contributed by atoms with Crippen LogP contribution in [0.25, 0.3) is 0 Å². The summed E-state index contributed by atoms with van der Waals surface area (Å²) in [5, 5.41) is 0. The van der Waals surface area contributed by atoms with Crippen molar-refractivity contribution in [2.24, 2.45) is 0 Å². The standard InChI is InChI=1S/C15H20N2O3S2/c1-22(19,20)16-9-7-15(8-10-16)17(11-12-21-15)14(18)13-5-3-2-4-6-13/h2-6H,7-12H2,1H3. The first-order chi connectivity index (χ1) is 10.4. The average molecular weight is 340 g/mol. The highest BCUT2D eigenvalue weighted by molar-refractivity contribution is 8.00. The summed E-state index contributed by atoms with van der Waals surface area (Å²) in [5.41, 5.74) is 0.704. The van der Waals surface area contributed by atoms with Gasteiger partial charge in [-0.2, -0.15) is 0 Å². The number of amides is 1. The third-order valence-corrected chi connectivity index (χ3v) is 7.27. The molecule has 1 spiro atoms. The van der Waals surface area contributed by atoms with Crippen LogP contribution in [0.3, 0.4) is 0 Å². The second kappa shape index (κ2) is 5.86. The largest absolute Gasteiger partial charge is 0.323 e. The summed E-state index contributed by atoms with van der Waals surface area (Å²) in [6.45, 7) is 1.71. The molecule has 5 nitrogen and oxygen atoms in total. The lowest BCUT2D eigenvalue weighted by molar-refractivity contribution is 0.0605. The van der Waals surface area contributed by atoms with Crippen LogP contribution in [-0.2, 0) is 10.0 Å². The molecule has 1 aromatic rings. The van der Waals surface area contributed by atoms with Crippen molar-refractivity contribution in [3.8, 4) is 0 Å². The van der Waals surface area contributed by atoms with Gasteiger partial charge in [0.2, 0.25) is 10.0 Å². The molecule has 120 valence electrons. The molecule has 2 saturated heterocycles. The first-order valence-electron chi connectivity index (χ1n) is 7.38. The number of thioether (sulfide) groups is 1. The number of rotatable bonds is 2. The third kappa shape index (κ3) is 2.89. The molecule has 0 atom stereocenters. The second-order valence-electron chi connectivity index (χ2n) is 5.78. The van der Waals surface area contributed by atoms with Crippen LogP contribution >= 0.6 is 11.8 Å². The van der Waals surface area contributed by atoms with Crippen LogP contribution in [0.15, 0.2) is 30.3 Å². The molecule has 1 amide bonds. The van der Waals surface area contributed by atoms with Gasteiger partial charge < -0.3 is 4.90 Å². The van der Waals surface area contributed by atoms with E-state index in [1.54, 1.807) is 11.8 Å². The Balaban J connectivity index is 1.78. The van der Waals surface area contributed by atoms with E-state index in [1.807, 2.05) is 35.2 Å². The second-order valence-corrected chi connectivity index (χ2v) is 9.22. The Morgan fingerprint density at radius 3 is 2.36 bits per heavy atom. The lowest BCUT2D eigenvalue weighted by Crippen LogP contribution is -2.53. The first-order valence-corrected chi connectivity index (χ1v) is 10.2. The molecule has 2 aliphatic heterocycles. The molecular weight excluding hydrogens is 320 g/mol. The van der Waals surface area contributed by atoms with Crippen molar-refractivity contribution in [3.05, 3.63) is 35.9 Å². The highest BCUT2D eigenvalue weighted by Crippen LogP contribution is 2.44. The zero-order chi connectivity index (χ0) is 15.8. The third-order valence-electron chi connectivity index (χ3n) is 4.42. The predicted molar refractivity (Wildman–Crippen MR) is 88.3 cm³/mol. The maximum Gasteiger partial charge on any atom is 0.254 e. The Kier molecular flexibility index (Phi) is 4.22. The van der Waals surface area contributed by atoms with Crippen LogP contribution in [0, 0.1) is 0 Å². The molecule has 0 N–H and O–H groups in total. The van der Waals surface area contributed by atoms with E-state index < -0.39 is 10.0 Å². The van der Waals surface area contributed by atoms with Gasteiger partial charge >= 0.3 is 0 Å². The lowest BCUT2D eigenvalue weighted by Gasteiger charge is -2.43. The molecule has 0 unspecified atom stereocenters. The van der Waals surface area contributed by atoms with Gasteiger partial charge in [0, 0.05) is 31.0 Å². The molecular formula is C15H20N2O3S2. The Labute approximate surface area is 135 Å². The Hall–Kier alpha value is -1.05. The van der Waals surface area contributed by atoms with Gasteiger partial charge in [-0.25, -0.2) is 12.7 Å². The van der Waals surface area contributed by atoms with Crippen LogP contribution in [0.4, 0.5) is 0 Å². The SMILES string of the molecule is CS(=O)(=O)N1CCC2(CC1)SCCN2C(=O)c1ccccc1. The van der Waals surface area contributed by atoms with Gasteiger partial charge in [0.15, 0.2) is 0 Å². The molecule has 1 aromatic carbocycles. The van der Waals surface area contributed by atoms with E-state index in [-0.39, 0.29) is 10.8 Å². The van der Waals surface area contributed by atoms with Crippen LogP contribution in [0.2, 0.25) is 0 Å². The van der Waals surface area contributed by atoms with E-state index in [2.05, 4.69) is 0 Å². The maximum absolute atomic E-state index is 12.8. The minimum atomic E-state index is -3.14. The van der Waals surface area contributed by atoms with Crippen molar-refractivity contribution in [3.63, 3.8) is 0 Å². The summed E-state index contributed by atoms with van der Waals surface area (Å²) < 4.78 is 24.8. The summed E-state index contributed by atoms with van der Waals surface area (Å²) in [7, 11) is -3.14. The molecule has 22 heavy (non-hydrogen) atoms. The number of nitrogens with zero attached hydrogens (tertiary/aromatic N) is 2. The van der Waals surface area contributed by atoms with E-state index in [9.17, 15) is 13.2 Å². The molecule has 3 rings (SSSR count). The number of carbonyl (C=O) groups is 1. The highest BCUT2D eigenvalue weighted by atomic mass is 32.2. The molecule has 2 fully saturated rings. The summed E-state index contributed by atoms with van der Waals surface area (Å²) in [5.74, 6) is 0.968. The smallest absolute Gasteiger partial charge is 0.254 e. The number of hydrogen-bond acceptors (Lipinski definition) is 4. The number of carbonyl (C=O) groups excluding carboxylic acids is 1. The van der Waals surface area contributed by atoms with Crippen LogP contribution < -0.4 is 0 Å². The predicted octanol–water partition coefficient (Wildman–Crippen LogP) is 1.63. The summed E-state index contributed by atoms with van der Waals surface area (Å²) in [6.07, 6.45) is 2.65. The summed E-state index contributed by atoms with van der Waals surface area (Å²) in [6, 6.07) is 9.32. The summed E-state index contributed by atoms with van der Waals surface area (Å²) >= 11 is 1.79. The Bertz CT molecular complexity index is 653. The molecule has 2 aliphatic rings. The van der Waals surface area contributed by atoms with Gasteiger partial charge in [0.05, 0.1) is 11.1 Å². The molecule has 0 radical (unpaired) electrons. The van der Waals surface area contributed by atoms with Crippen molar-refractivity contribution >= 4 is 27.7 Å². The van der Waals surface area contributed by atoms with Gasteiger partial charge in [-0.05, 0) is 25.0 Å². The molecule has 0 aliphatic carbocycles. The zero-order valence-corrected chi connectivity index (χ0v) is 14.2. The van der Waals surface area contributed by atoms with Crippen molar-refractivity contribution in [1.82, 2.24) is 9.21 Å². The fourth-order valence-electron chi connectivity index (χ4n) is 3.21. The molecule has 0 bridgehead atoms. The van der Waals surface area contributed by atoms with Crippen LogP contribution in [-0.4, -0.2) is 60.0 Å². The quantitative estimate of drug-likeness (QED) is 0.821. The van der Waals surface area contributed by atoms with Gasteiger partial charge in [0.25, 0.3) is 5.91 Å². The van der Waals surface area contributed by atoms with Crippen molar-refractivity contribution in [2.75, 3.05) is 31.6 Å². The number of benzene rings is 1. The minimum Gasteiger partial charge on any atom is -0.323 e. The fourth-order valence-corrected chi connectivity index (χ4v) is 5.51. The molecule has 7 heteroatoms. The molecule has 0 saturated carbocycles. The van der Waals surface area contributed by atoms with Gasteiger partial charge in [-0.1, -0.05) is 18.2 Å². The Morgan fingerprint density at radius 1 is 1.14 bits per heavy atom. The van der Waals surface area contributed by atoms with Crippen molar-refractivity contribution in [2.45, 2.75) is 17.7 Å². The van der Waals surface area contributed by atoms with E-state index in [1.165, 1.54) is 10.6 Å².